The van der Waals surface area contributed by atoms with Crippen LogP contribution in [-0.2, 0) is 6.42 Å². The van der Waals surface area contributed by atoms with E-state index in [2.05, 4.69) is 33.1 Å². The molecule has 2 aromatic rings. The van der Waals surface area contributed by atoms with Crippen molar-refractivity contribution in [2.75, 3.05) is 24.5 Å². The van der Waals surface area contributed by atoms with Crippen LogP contribution in [0.1, 0.15) is 35.6 Å². The molecule has 0 fully saturated rings. The summed E-state index contributed by atoms with van der Waals surface area (Å²) in [5, 5.41) is 0. The highest BCUT2D eigenvalue weighted by molar-refractivity contribution is 5.92. The second kappa shape index (κ2) is 6.36. The molecule has 2 heterocycles. The maximum atomic E-state index is 12.6. The van der Waals surface area contributed by atoms with Gasteiger partial charge in [0.25, 0.3) is 5.91 Å². The van der Waals surface area contributed by atoms with Gasteiger partial charge in [-0.15, -0.1) is 0 Å². The molecule has 0 N–H and O–H groups in total. The first kappa shape index (κ1) is 15.5. The third kappa shape index (κ3) is 2.91. The van der Waals surface area contributed by atoms with E-state index in [-0.39, 0.29) is 5.91 Å². The van der Waals surface area contributed by atoms with E-state index in [1.165, 1.54) is 5.56 Å². The molecule has 1 aromatic carbocycles. The van der Waals surface area contributed by atoms with Crippen LogP contribution in [0.5, 0.6) is 0 Å². The fourth-order valence-electron chi connectivity index (χ4n) is 3.00. The Balaban J connectivity index is 1.98. The molecule has 1 aromatic heterocycles. The van der Waals surface area contributed by atoms with Gasteiger partial charge in [-0.2, -0.15) is 0 Å². The Labute approximate surface area is 137 Å². The summed E-state index contributed by atoms with van der Waals surface area (Å²) in [6.45, 7) is 8.08. The van der Waals surface area contributed by atoms with E-state index in [1.807, 2.05) is 26.8 Å². The van der Waals surface area contributed by atoms with E-state index in [0.717, 1.165) is 24.3 Å². The molecule has 0 saturated heterocycles. The lowest BCUT2D eigenvalue weighted by Crippen LogP contribution is -2.31. The summed E-state index contributed by atoms with van der Waals surface area (Å²) in [6.07, 6.45) is 0.979. The highest BCUT2D eigenvalue weighted by Gasteiger charge is 2.24. The lowest BCUT2D eigenvalue weighted by molar-refractivity contribution is 0.0767. The van der Waals surface area contributed by atoms with Crippen LogP contribution in [-0.4, -0.2) is 40.4 Å². The number of para-hydroxylation sites is 1. The summed E-state index contributed by atoms with van der Waals surface area (Å²) < 4.78 is 0. The van der Waals surface area contributed by atoms with E-state index < -0.39 is 0 Å². The van der Waals surface area contributed by atoms with Crippen LogP contribution in [0.2, 0.25) is 0 Å². The van der Waals surface area contributed by atoms with E-state index >= 15 is 0 Å². The smallest absolute Gasteiger partial charge is 0.272 e. The summed E-state index contributed by atoms with van der Waals surface area (Å²) in [7, 11) is 0. The van der Waals surface area contributed by atoms with Crippen LogP contribution >= 0.6 is 0 Å². The minimum Gasteiger partial charge on any atom is -0.338 e. The lowest BCUT2D eigenvalue weighted by atomic mass is 10.2. The lowest BCUT2D eigenvalue weighted by Gasteiger charge is -2.21. The molecule has 23 heavy (non-hydrogen) atoms. The van der Waals surface area contributed by atoms with Gasteiger partial charge in [-0.25, -0.2) is 9.97 Å². The Bertz CT molecular complexity index is 725. The summed E-state index contributed by atoms with van der Waals surface area (Å²) in [5.41, 5.74) is 3.73. The number of aryl methyl sites for hydroxylation is 1. The Morgan fingerprint density at radius 1 is 1.22 bits per heavy atom. The minimum atomic E-state index is -0.0331. The molecule has 5 nitrogen and oxygen atoms in total. The van der Waals surface area contributed by atoms with Gasteiger partial charge in [0.15, 0.2) is 0 Å². The maximum Gasteiger partial charge on any atom is 0.272 e. The number of nitrogens with zero attached hydrogens (tertiary/aromatic N) is 4. The van der Waals surface area contributed by atoms with Crippen molar-refractivity contribution in [2.45, 2.75) is 27.2 Å². The Kier molecular flexibility index (Phi) is 4.28. The number of aromatic nitrogens is 2. The van der Waals surface area contributed by atoms with Gasteiger partial charge in [0.1, 0.15) is 5.69 Å². The van der Waals surface area contributed by atoms with Gasteiger partial charge in [0, 0.05) is 31.0 Å². The van der Waals surface area contributed by atoms with Crippen LogP contribution in [0.25, 0.3) is 0 Å². The normalized spacial score (nSPS) is 13.1. The molecule has 0 saturated carbocycles. The van der Waals surface area contributed by atoms with Crippen LogP contribution in [0, 0.1) is 6.92 Å². The molecule has 0 atom stereocenters. The first-order chi connectivity index (χ1) is 11.1. The molecule has 0 aliphatic carbocycles. The Morgan fingerprint density at radius 3 is 2.70 bits per heavy atom. The molecular formula is C18H22N4O. The number of hydrogen-bond donors (Lipinski definition) is 0. The maximum absolute atomic E-state index is 12.6. The molecule has 0 spiro atoms. The number of amides is 1. The van der Waals surface area contributed by atoms with Gasteiger partial charge in [-0.3, -0.25) is 4.79 Å². The highest BCUT2D eigenvalue weighted by Crippen LogP contribution is 2.32. The quantitative estimate of drug-likeness (QED) is 0.871. The van der Waals surface area contributed by atoms with Crippen molar-refractivity contribution in [3.05, 3.63) is 47.3 Å². The summed E-state index contributed by atoms with van der Waals surface area (Å²) in [4.78, 5) is 25.6. The zero-order chi connectivity index (χ0) is 16.4. The van der Waals surface area contributed by atoms with Crippen molar-refractivity contribution in [1.82, 2.24) is 14.9 Å². The zero-order valence-corrected chi connectivity index (χ0v) is 13.9. The summed E-state index contributed by atoms with van der Waals surface area (Å²) in [6, 6.07) is 10.1. The average Bonchev–Trinajstić information content (AvgIpc) is 2.99. The molecule has 120 valence electrons. The zero-order valence-electron chi connectivity index (χ0n) is 13.9. The van der Waals surface area contributed by atoms with Gasteiger partial charge in [0.05, 0.1) is 0 Å². The van der Waals surface area contributed by atoms with Gasteiger partial charge in [-0.1, -0.05) is 18.2 Å². The third-order valence-corrected chi connectivity index (χ3v) is 4.24. The minimum absolute atomic E-state index is 0.0331. The molecule has 1 aliphatic rings. The third-order valence-electron chi connectivity index (χ3n) is 4.24. The second-order valence-corrected chi connectivity index (χ2v) is 5.70. The molecule has 5 heteroatoms. The van der Waals surface area contributed by atoms with E-state index in [1.54, 1.807) is 11.0 Å². The molecule has 3 rings (SSSR count). The van der Waals surface area contributed by atoms with Gasteiger partial charge < -0.3 is 9.80 Å². The van der Waals surface area contributed by atoms with Crippen molar-refractivity contribution in [3.8, 4) is 0 Å². The highest BCUT2D eigenvalue weighted by atomic mass is 16.2. The topological polar surface area (TPSA) is 49.3 Å². The molecule has 0 unspecified atom stereocenters. The van der Waals surface area contributed by atoms with Crippen molar-refractivity contribution in [2.24, 2.45) is 0 Å². The SMILES string of the molecule is CCN(CC)C(=O)c1cc(C)nc(N2CCc3ccccc32)n1. The summed E-state index contributed by atoms with van der Waals surface area (Å²) >= 11 is 0. The molecule has 1 aliphatic heterocycles. The predicted octanol–water partition coefficient (Wildman–Crippen LogP) is 2.96. The van der Waals surface area contributed by atoms with Crippen molar-refractivity contribution >= 4 is 17.5 Å². The fraction of sp³-hybridized carbons (Fsp3) is 0.389. The standard InChI is InChI=1S/C18H22N4O/c1-4-21(5-2)17(23)15-12-13(3)19-18(20-15)22-11-10-14-8-6-7-9-16(14)22/h6-9,12H,4-5,10-11H2,1-3H3. The Hall–Kier alpha value is -2.43. The number of rotatable bonds is 4. The van der Waals surface area contributed by atoms with Crippen LogP contribution in [0.3, 0.4) is 0 Å². The van der Waals surface area contributed by atoms with E-state index in [4.69, 9.17) is 0 Å². The number of hydrogen-bond acceptors (Lipinski definition) is 4. The first-order valence-corrected chi connectivity index (χ1v) is 8.14. The first-order valence-electron chi connectivity index (χ1n) is 8.14. The molecular weight excluding hydrogens is 288 g/mol. The molecule has 0 radical (unpaired) electrons. The second-order valence-electron chi connectivity index (χ2n) is 5.70. The van der Waals surface area contributed by atoms with Gasteiger partial charge >= 0.3 is 0 Å². The van der Waals surface area contributed by atoms with Crippen LogP contribution in [0.4, 0.5) is 11.6 Å². The van der Waals surface area contributed by atoms with Gasteiger partial charge in [-0.05, 0) is 44.9 Å². The fourth-order valence-corrected chi connectivity index (χ4v) is 3.00. The number of benzene rings is 1. The average molecular weight is 310 g/mol. The molecule has 0 bridgehead atoms. The van der Waals surface area contributed by atoms with Crippen LogP contribution < -0.4 is 4.90 Å². The largest absolute Gasteiger partial charge is 0.338 e. The van der Waals surface area contributed by atoms with Gasteiger partial charge in [0.2, 0.25) is 5.95 Å². The molecule has 1 amide bonds. The Morgan fingerprint density at radius 2 is 1.96 bits per heavy atom. The van der Waals surface area contributed by atoms with Crippen molar-refractivity contribution in [1.29, 1.82) is 0 Å². The predicted molar refractivity (Wildman–Crippen MR) is 91.2 cm³/mol. The number of carbonyl (C=O) groups excluding carboxylic acids is 1. The number of anilines is 2. The van der Waals surface area contributed by atoms with E-state index in [9.17, 15) is 4.79 Å². The monoisotopic (exact) mass is 310 g/mol. The number of fused-ring (bicyclic) bond motifs is 1. The van der Waals surface area contributed by atoms with Crippen LogP contribution in [0.15, 0.2) is 30.3 Å². The van der Waals surface area contributed by atoms with E-state index in [0.29, 0.717) is 24.7 Å². The van der Waals surface area contributed by atoms with Crippen molar-refractivity contribution < 1.29 is 4.79 Å². The number of carbonyl (C=O) groups is 1. The summed E-state index contributed by atoms with van der Waals surface area (Å²) in [5.74, 6) is 0.583. The van der Waals surface area contributed by atoms with Crippen molar-refractivity contribution in [3.63, 3.8) is 0 Å².